The second-order valence-corrected chi connectivity index (χ2v) is 9.33. The Hall–Kier alpha value is -2.25. The summed E-state index contributed by atoms with van der Waals surface area (Å²) in [5.41, 5.74) is -2.11. The molecule has 166 valence electrons. The quantitative estimate of drug-likeness (QED) is 0.388. The topological polar surface area (TPSA) is 57.0 Å². The number of aryl methyl sites for hydroxylation is 1. The fourth-order valence-corrected chi connectivity index (χ4v) is 3.56. The zero-order valence-electron chi connectivity index (χ0n) is 17.3. The Morgan fingerprint density at radius 2 is 1.71 bits per heavy atom. The Kier molecular flexibility index (Phi) is 6.06. The molecule has 0 N–H and O–H groups in total. The van der Waals surface area contributed by atoms with Crippen LogP contribution in [0.5, 0.6) is 0 Å². The molecule has 1 unspecified atom stereocenters. The molecule has 0 saturated carbocycles. The molecule has 31 heavy (non-hydrogen) atoms. The Balaban J connectivity index is 2.02. The van der Waals surface area contributed by atoms with Crippen LogP contribution in [-0.2, 0) is 10.4 Å². The van der Waals surface area contributed by atoms with E-state index >= 15 is 0 Å². The van der Waals surface area contributed by atoms with Crippen molar-refractivity contribution < 1.29 is 23.1 Å². The van der Waals surface area contributed by atoms with Crippen LogP contribution >= 0.6 is 23.2 Å². The minimum atomic E-state index is -4.79. The minimum Gasteiger partial charge on any atom is -0.861 e. The minimum absolute atomic E-state index is 0.0558. The molecule has 1 aliphatic rings. The van der Waals surface area contributed by atoms with E-state index < -0.39 is 23.6 Å². The third-order valence-electron chi connectivity index (χ3n) is 4.92. The first-order valence-electron chi connectivity index (χ1n) is 9.38. The van der Waals surface area contributed by atoms with Gasteiger partial charge in [-0.1, -0.05) is 61.3 Å². The van der Waals surface area contributed by atoms with Gasteiger partial charge in [0.2, 0.25) is 0 Å². The molecule has 2 aromatic carbocycles. The fourth-order valence-electron chi connectivity index (χ4n) is 3.03. The zero-order chi connectivity index (χ0) is 23.2. The van der Waals surface area contributed by atoms with E-state index in [4.69, 9.17) is 28.0 Å². The standard InChI is InChI=1S/C22H21Cl2F3N2O2/c1-12-5-6-13(7-17(12)28-19(30)20(2,3)4)18-11-21(31-29-18,22(25,26)27)14-8-15(23)10-16(24)9-14/h5-10H,11H2,1-4H3,(H,28,30)/p-1. The van der Waals surface area contributed by atoms with Gasteiger partial charge >= 0.3 is 6.18 Å². The molecule has 1 atom stereocenters. The Morgan fingerprint density at radius 1 is 1.10 bits per heavy atom. The van der Waals surface area contributed by atoms with Crippen LogP contribution in [0.2, 0.25) is 10.0 Å². The lowest BCUT2D eigenvalue weighted by Gasteiger charge is -2.29. The van der Waals surface area contributed by atoms with Gasteiger partial charge in [0.25, 0.3) is 5.60 Å². The summed E-state index contributed by atoms with van der Waals surface area (Å²) < 4.78 is 42.5. The maximum absolute atomic E-state index is 14.2. The van der Waals surface area contributed by atoms with Crippen LogP contribution in [0.25, 0.3) is 0 Å². The number of nitrogens with zero attached hydrogens (tertiary/aromatic N) is 2. The van der Waals surface area contributed by atoms with Crippen molar-refractivity contribution in [1.82, 2.24) is 0 Å². The number of rotatable bonds is 3. The molecular formula is C22H20Cl2F3N2O2-. The Bertz CT molecular complexity index is 1060. The second-order valence-electron chi connectivity index (χ2n) is 8.46. The number of oxime groups is 1. The van der Waals surface area contributed by atoms with Crippen molar-refractivity contribution >= 4 is 40.5 Å². The SMILES string of the molecule is Cc1ccc(C2=NOC(c3cc(Cl)cc(Cl)c3)(C(F)(F)F)C2)cc1N=C([O-])C(C)(C)C. The molecule has 3 rings (SSSR count). The van der Waals surface area contributed by atoms with Crippen LogP contribution < -0.4 is 5.11 Å². The van der Waals surface area contributed by atoms with Crippen LogP contribution in [0.1, 0.15) is 43.9 Å². The third kappa shape index (κ3) is 4.67. The molecule has 0 spiro atoms. The molecular weight excluding hydrogens is 452 g/mol. The lowest BCUT2D eigenvalue weighted by molar-refractivity contribution is -0.275. The summed E-state index contributed by atoms with van der Waals surface area (Å²) in [6.07, 6.45) is -5.37. The van der Waals surface area contributed by atoms with Crippen molar-refractivity contribution in [3.8, 4) is 0 Å². The average Bonchev–Trinajstić information content (AvgIpc) is 3.08. The molecule has 0 bridgehead atoms. The predicted octanol–water partition coefficient (Wildman–Crippen LogP) is 6.32. The van der Waals surface area contributed by atoms with Gasteiger partial charge in [-0.15, -0.1) is 0 Å². The Morgan fingerprint density at radius 3 is 2.26 bits per heavy atom. The molecule has 4 nitrogen and oxygen atoms in total. The maximum atomic E-state index is 14.2. The monoisotopic (exact) mass is 471 g/mol. The van der Waals surface area contributed by atoms with Gasteiger partial charge in [-0.3, -0.25) is 4.99 Å². The van der Waals surface area contributed by atoms with Gasteiger partial charge in [0.05, 0.1) is 11.4 Å². The third-order valence-corrected chi connectivity index (χ3v) is 5.36. The number of benzene rings is 2. The van der Waals surface area contributed by atoms with Gasteiger partial charge < -0.3 is 9.94 Å². The second kappa shape index (κ2) is 8.02. The first kappa shape index (κ1) is 23.4. The van der Waals surface area contributed by atoms with Crippen molar-refractivity contribution in [1.29, 1.82) is 0 Å². The van der Waals surface area contributed by atoms with Crippen molar-refractivity contribution in [3.05, 3.63) is 63.1 Å². The highest BCUT2D eigenvalue weighted by molar-refractivity contribution is 6.34. The first-order valence-corrected chi connectivity index (χ1v) is 10.1. The zero-order valence-corrected chi connectivity index (χ0v) is 18.8. The van der Waals surface area contributed by atoms with Gasteiger partial charge in [0.15, 0.2) is 0 Å². The van der Waals surface area contributed by atoms with E-state index in [1.807, 2.05) is 0 Å². The highest BCUT2D eigenvalue weighted by Gasteiger charge is 2.62. The Labute approximate surface area is 188 Å². The molecule has 0 radical (unpaired) electrons. The van der Waals surface area contributed by atoms with Crippen LogP contribution in [0, 0.1) is 12.3 Å². The van der Waals surface area contributed by atoms with E-state index in [9.17, 15) is 18.3 Å². The van der Waals surface area contributed by atoms with Crippen LogP contribution in [0.3, 0.4) is 0 Å². The molecule has 0 saturated heterocycles. The van der Waals surface area contributed by atoms with Crippen molar-refractivity contribution in [2.24, 2.45) is 15.6 Å². The fraction of sp³-hybridized carbons (Fsp3) is 0.364. The molecule has 2 aromatic rings. The summed E-state index contributed by atoms with van der Waals surface area (Å²) in [5.74, 6) is -0.337. The van der Waals surface area contributed by atoms with Gasteiger partial charge in [-0.2, -0.15) is 13.2 Å². The predicted molar refractivity (Wildman–Crippen MR) is 114 cm³/mol. The molecule has 1 heterocycles. The molecule has 0 amide bonds. The van der Waals surface area contributed by atoms with Gasteiger partial charge in [0.1, 0.15) is 0 Å². The van der Waals surface area contributed by atoms with E-state index in [0.717, 1.165) is 12.1 Å². The van der Waals surface area contributed by atoms with Crippen LogP contribution in [0.4, 0.5) is 18.9 Å². The van der Waals surface area contributed by atoms with E-state index in [1.54, 1.807) is 45.9 Å². The average molecular weight is 472 g/mol. The van der Waals surface area contributed by atoms with E-state index in [1.165, 1.54) is 6.07 Å². The van der Waals surface area contributed by atoms with Crippen molar-refractivity contribution in [2.75, 3.05) is 0 Å². The summed E-state index contributed by atoms with van der Waals surface area (Å²) in [5, 5.41) is 16.2. The summed E-state index contributed by atoms with van der Waals surface area (Å²) >= 11 is 11.9. The van der Waals surface area contributed by atoms with Gasteiger partial charge in [0, 0.05) is 27.6 Å². The normalized spacial score (nSPS) is 19.9. The van der Waals surface area contributed by atoms with E-state index in [-0.39, 0.29) is 27.2 Å². The van der Waals surface area contributed by atoms with Crippen molar-refractivity contribution in [3.63, 3.8) is 0 Å². The number of hydrogen-bond donors (Lipinski definition) is 0. The summed E-state index contributed by atoms with van der Waals surface area (Å²) in [6.45, 7) is 6.97. The largest absolute Gasteiger partial charge is 0.861 e. The lowest BCUT2D eigenvalue weighted by atomic mass is 9.86. The molecule has 0 aliphatic carbocycles. The lowest BCUT2D eigenvalue weighted by Crippen LogP contribution is -2.42. The van der Waals surface area contributed by atoms with Crippen LogP contribution in [0.15, 0.2) is 46.5 Å². The number of hydrogen-bond acceptors (Lipinski definition) is 4. The molecule has 0 aromatic heterocycles. The van der Waals surface area contributed by atoms with E-state index in [0.29, 0.717) is 16.8 Å². The summed E-state index contributed by atoms with van der Waals surface area (Å²) in [7, 11) is 0. The van der Waals surface area contributed by atoms with Crippen molar-refractivity contribution in [2.45, 2.75) is 45.9 Å². The molecule has 0 fully saturated rings. The molecule has 1 aliphatic heterocycles. The maximum Gasteiger partial charge on any atom is 0.435 e. The summed E-state index contributed by atoms with van der Waals surface area (Å²) in [4.78, 5) is 9.16. The smallest absolute Gasteiger partial charge is 0.435 e. The van der Waals surface area contributed by atoms with Gasteiger partial charge in [-0.25, -0.2) is 0 Å². The summed E-state index contributed by atoms with van der Waals surface area (Å²) in [6, 6.07) is 8.51. The first-order chi connectivity index (χ1) is 14.2. The van der Waals surface area contributed by atoms with Crippen LogP contribution in [-0.4, -0.2) is 17.8 Å². The van der Waals surface area contributed by atoms with E-state index in [2.05, 4.69) is 10.1 Å². The number of halogens is 5. The number of alkyl halides is 3. The van der Waals surface area contributed by atoms with Gasteiger partial charge in [-0.05, 0) is 48.1 Å². The molecule has 9 heteroatoms. The highest BCUT2D eigenvalue weighted by atomic mass is 35.5. The number of aliphatic imine (C=N–C) groups is 1. The highest BCUT2D eigenvalue weighted by Crippen LogP contribution is 2.49.